The van der Waals surface area contributed by atoms with Gasteiger partial charge in [0.2, 0.25) is 11.8 Å². The van der Waals surface area contributed by atoms with E-state index in [1.807, 2.05) is 62.4 Å². The average Bonchev–Trinajstić information content (AvgIpc) is 2.86. The lowest BCUT2D eigenvalue weighted by atomic mass is 9.96. The molecule has 0 bridgehead atoms. The second-order valence-corrected chi connectivity index (χ2v) is 5.76. The second kappa shape index (κ2) is 6.24. The number of amides is 2. The molecule has 0 aliphatic carbocycles. The highest BCUT2D eigenvalue weighted by Crippen LogP contribution is 2.35. The molecule has 23 heavy (non-hydrogen) atoms. The molecule has 118 valence electrons. The Kier molecular flexibility index (Phi) is 4.15. The molecule has 1 heterocycles. The maximum absolute atomic E-state index is 12.8. The molecular weight excluding hydrogens is 288 g/mol. The van der Waals surface area contributed by atoms with Crippen LogP contribution in [0.4, 0.5) is 11.4 Å². The predicted octanol–water partition coefficient (Wildman–Crippen LogP) is 3.47. The molecule has 4 nitrogen and oxygen atoms in total. The van der Waals surface area contributed by atoms with Gasteiger partial charge >= 0.3 is 0 Å². The quantitative estimate of drug-likeness (QED) is 0.940. The van der Waals surface area contributed by atoms with Gasteiger partial charge in [0.15, 0.2) is 0 Å². The van der Waals surface area contributed by atoms with E-state index in [1.165, 1.54) is 0 Å². The first-order chi connectivity index (χ1) is 11.1. The fourth-order valence-electron chi connectivity index (χ4n) is 3.11. The molecule has 1 aliphatic heterocycles. The van der Waals surface area contributed by atoms with Gasteiger partial charge in [0.25, 0.3) is 0 Å². The molecule has 0 saturated carbocycles. The van der Waals surface area contributed by atoms with Gasteiger partial charge in [-0.15, -0.1) is 0 Å². The summed E-state index contributed by atoms with van der Waals surface area (Å²) in [4.78, 5) is 26.7. The molecule has 0 saturated heterocycles. The largest absolute Gasteiger partial charge is 0.325 e. The number of carbonyl (C=O) groups excluding carboxylic acids is 2. The van der Waals surface area contributed by atoms with Gasteiger partial charge in [-0.3, -0.25) is 9.59 Å². The molecule has 0 unspecified atom stereocenters. The maximum Gasteiger partial charge on any atom is 0.232 e. The van der Waals surface area contributed by atoms with E-state index in [0.717, 1.165) is 22.5 Å². The topological polar surface area (TPSA) is 49.4 Å². The number of hydrogen-bond acceptors (Lipinski definition) is 2. The number of rotatable bonds is 4. The lowest BCUT2D eigenvalue weighted by Gasteiger charge is -2.24. The van der Waals surface area contributed by atoms with E-state index in [2.05, 4.69) is 5.32 Å². The van der Waals surface area contributed by atoms with Gasteiger partial charge in [0.05, 0.1) is 5.92 Å². The molecule has 1 atom stereocenters. The van der Waals surface area contributed by atoms with Gasteiger partial charge in [-0.05, 0) is 37.1 Å². The number of carbonyl (C=O) groups is 2. The van der Waals surface area contributed by atoms with Gasteiger partial charge in [-0.1, -0.05) is 36.4 Å². The number of nitrogens with one attached hydrogen (secondary N) is 1. The molecule has 2 aromatic rings. The lowest BCUT2D eigenvalue weighted by molar-refractivity contribution is -0.123. The van der Waals surface area contributed by atoms with Crippen molar-refractivity contribution < 1.29 is 9.59 Å². The first kappa shape index (κ1) is 15.3. The molecule has 1 aliphatic rings. The van der Waals surface area contributed by atoms with Crippen LogP contribution in [0.25, 0.3) is 0 Å². The molecule has 2 aromatic carbocycles. The zero-order chi connectivity index (χ0) is 16.4. The summed E-state index contributed by atoms with van der Waals surface area (Å²) in [7, 11) is 0. The fourth-order valence-corrected chi connectivity index (χ4v) is 3.11. The van der Waals surface area contributed by atoms with Crippen molar-refractivity contribution in [1.82, 2.24) is 0 Å². The van der Waals surface area contributed by atoms with E-state index in [4.69, 9.17) is 0 Å². The Hall–Kier alpha value is -2.62. The average molecular weight is 308 g/mol. The van der Waals surface area contributed by atoms with Crippen molar-refractivity contribution in [2.45, 2.75) is 26.2 Å². The third kappa shape index (κ3) is 2.84. The predicted molar refractivity (Wildman–Crippen MR) is 91.6 cm³/mol. The van der Waals surface area contributed by atoms with E-state index in [-0.39, 0.29) is 18.2 Å². The van der Waals surface area contributed by atoms with Crippen LogP contribution in [0.5, 0.6) is 0 Å². The van der Waals surface area contributed by atoms with Crippen molar-refractivity contribution in [2.75, 3.05) is 16.8 Å². The van der Waals surface area contributed by atoms with E-state index >= 15 is 0 Å². The number of para-hydroxylation sites is 2. The minimum absolute atomic E-state index is 0.0290. The summed E-state index contributed by atoms with van der Waals surface area (Å²) in [6.07, 6.45) is 0.186. The van der Waals surface area contributed by atoms with Crippen LogP contribution in [0.2, 0.25) is 0 Å². The zero-order valence-corrected chi connectivity index (χ0v) is 13.4. The Bertz CT molecular complexity index is 755. The molecule has 0 fully saturated rings. The standard InChI is InChI=1S/C19H20N2O2/c1-3-21(17-11-7-4-8-13(17)2)18(22)12-15-14-9-5-6-10-16(14)20-19(15)23/h4-11,15H,3,12H2,1-2H3,(H,20,23)/t15-/m0/s1. The van der Waals surface area contributed by atoms with Crippen LogP contribution < -0.4 is 10.2 Å². The SMILES string of the molecule is CCN(C(=O)C[C@@H]1C(=O)Nc2ccccc21)c1ccccc1C. The van der Waals surface area contributed by atoms with E-state index in [0.29, 0.717) is 6.54 Å². The van der Waals surface area contributed by atoms with Crippen LogP contribution in [-0.2, 0) is 9.59 Å². The summed E-state index contributed by atoms with van der Waals surface area (Å²) in [6.45, 7) is 4.52. The smallest absolute Gasteiger partial charge is 0.232 e. The van der Waals surface area contributed by atoms with Gasteiger partial charge < -0.3 is 10.2 Å². The van der Waals surface area contributed by atoms with Gasteiger partial charge in [-0.25, -0.2) is 0 Å². The Morgan fingerprint density at radius 1 is 1.13 bits per heavy atom. The summed E-state index contributed by atoms with van der Waals surface area (Å²) < 4.78 is 0. The monoisotopic (exact) mass is 308 g/mol. The summed E-state index contributed by atoms with van der Waals surface area (Å²) in [5.41, 5.74) is 3.69. The normalized spacial score (nSPS) is 15.9. The van der Waals surface area contributed by atoms with Crippen LogP contribution >= 0.6 is 0 Å². The van der Waals surface area contributed by atoms with E-state index < -0.39 is 5.92 Å². The molecule has 0 aromatic heterocycles. The highest BCUT2D eigenvalue weighted by molar-refractivity contribution is 6.06. The summed E-state index contributed by atoms with van der Waals surface area (Å²) in [5, 5.41) is 2.85. The third-order valence-corrected chi connectivity index (χ3v) is 4.31. The molecular formula is C19H20N2O2. The van der Waals surface area contributed by atoms with E-state index in [1.54, 1.807) is 4.90 Å². The number of aryl methyl sites for hydroxylation is 1. The Morgan fingerprint density at radius 2 is 1.83 bits per heavy atom. The highest BCUT2D eigenvalue weighted by atomic mass is 16.2. The first-order valence-corrected chi connectivity index (χ1v) is 7.87. The number of hydrogen-bond donors (Lipinski definition) is 1. The van der Waals surface area contributed by atoms with Crippen molar-refractivity contribution in [3.63, 3.8) is 0 Å². The zero-order valence-electron chi connectivity index (χ0n) is 13.4. The van der Waals surface area contributed by atoms with Gasteiger partial charge in [-0.2, -0.15) is 0 Å². The van der Waals surface area contributed by atoms with Crippen molar-refractivity contribution in [1.29, 1.82) is 0 Å². The molecule has 0 radical (unpaired) electrons. The molecule has 1 N–H and O–H groups in total. The maximum atomic E-state index is 12.8. The molecule has 2 amide bonds. The Balaban J connectivity index is 1.84. The highest BCUT2D eigenvalue weighted by Gasteiger charge is 2.33. The van der Waals surface area contributed by atoms with Gasteiger partial charge in [0, 0.05) is 24.3 Å². The van der Waals surface area contributed by atoms with Crippen LogP contribution in [-0.4, -0.2) is 18.4 Å². The molecule has 0 spiro atoms. The Labute approximate surface area is 136 Å². The molecule has 4 heteroatoms. The van der Waals surface area contributed by atoms with Crippen LogP contribution in [0, 0.1) is 6.92 Å². The fraction of sp³-hybridized carbons (Fsp3) is 0.263. The van der Waals surface area contributed by atoms with Crippen molar-refractivity contribution >= 4 is 23.2 Å². The number of benzene rings is 2. The van der Waals surface area contributed by atoms with E-state index in [9.17, 15) is 9.59 Å². The number of anilines is 2. The Morgan fingerprint density at radius 3 is 2.57 bits per heavy atom. The lowest BCUT2D eigenvalue weighted by Crippen LogP contribution is -2.33. The van der Waals surface area contributed by atoms with Crippen molar-refractivity contribution in [3.05, 3.63) is 59.7 Å². The van der Waals surface area contributed by atoms with Crippen LogP contribution in [0.15, 0.2) is 48.5 Å². The first-order valence-electron chi connectivity index (χ1n) is 7.87. The van der Waals surface area contributed by atoms with Crippen LogP contribution in [0.1, 0.15) is 30.4 Å². The summed E-state index contributed by atoms with van der Waals surface area (Å²) in [5.74, 6) is -0.532. The third-order valence-electron chi connectivity index (χ3n) is 4.31. The number of fused-ring (bicyclic) bond motifs is 1. The summed E-state index contributed by atoms with van der Waals surface area (Å²) >= 11 is 0. The minimum Gasteiger partial charge on any atom is -0.325 e. The van der Waals surface area contributed by atoms with Crippen LogP contribution in [0.3, 0.4) is 0 Å². The minimum atomic E-state index is -0.406. The molecule has 3 rings (SSSR count). The van der Waals surface area contributed by atoms with Crippen molar-refractivity contribution in [3.8, 4) is 0 Å². The van der Waals surface area contributed by atoms with Crippen molar-refractivity contribution in [2.24, 2.45) is 0 Å². The van der Waals surface area contributed by atoms with Gasteiger partial charge in [0.1, 0.15) is 0 Å². The number of nitrogens with zero attached hydrogens (tertiary/aromatic N) is 1. The second-order valence-electron chi connectivity index (χ2n) is 5.76. The summed E-state index contributed by atoms with van der Waals surface area (Å²) in [6, 6.07) is 15.4.